The van der Waals surface area contributed by atoms with Gasteiger partial charge in [0.25, 0.3) is 11.6 Å². The molecule has 0 bridgehead atoms. The molecule has 7 nitrogen and oxygen atoms in total. The van der Waals surface area contributed by atoms with Crippen LogP contribution >= 0.6 is 0 Å². The summed E-state index contributed by atoms with van der Waals surface area (Å²) in [5, 5.41) is 13.3. The third kappa shape index (κ3) is 1.82. The van der Waals surface area contributed by atoms with E-state index in [0.29, 0.717) is 0 Å². The fourth-order valence-electron chi connectivity index (χ4n) is 1.69. The molecule has 2 rings (SSSR count). The van der Waals surface area contributed by atoms with E-state index in [1.54, 1.807) is 0 Å². The number of rotatable bonds is 1. The van der Waals surface area contributed by atoms with Crippen molar-refractivity contribution < 1.29 is 14.5 Å². The maximum Gasteiger partial charge on any atom is 0.284 e. The molecule has 0 saturated heterocycles. The van der Waals surface area contributed by atoms with Crippen LogP contribution in [0.25, 0.3) is 0 Å². The zero-order valence-corrected chi connectivity index (χ0v) is 8.97. The van der Waals surface area contributed by atoms with E-state index in [1.807, 2.05) is 0 Å². The van der Waals surface area contributed by atoms with Crippen molar-refractivity contribution >= 4 is 23.2 Å². The number of nitro groups is 1. The number of benzene rings is 1. The number of nitrogens with one attached hydrogen (secondary N) is 1. The number of hydrogen-bond acceptors (Lipinski definition) is 4. The fraction of sp³-hybridized carbons (Fsp3) is 0.200. The zero-order chi connectivity index (χ0) is 12.6. The van der Waals surface area contributed by atoms with Gasteiger partial charge in [0.05, 0.1) is 17.2 Å². The van der Waals surface area contributed by atoms with Crippen molar-refractivity contribution in [3.05, 3.63) is 33.9 Å². The van der Waals surface area contributed by atoms with Gasteiger partial charge in [-0.2, -0.15) is 0 Å². The maximum absolute atomic E-state index is 11.9. The van der Waals surface area contributed by atoms with Gasteiger partial charge in [0.15, 0.2) is 0 Å². The second-order valence-corrected chi connectivity index (χ2v) is 3.67. The van der Waals surface area contributed by atoms with Gasteiger partial charge in [0.2, 0.25) is 5.91 Å². The third-order valence-corrected chi connectivity index (χ3v) is 2.45. The summed E-state index contributed by atoms with van der Waals surface area (Å²) in [7, 11) is 1.42. The van der Waals surface area contributed by atoms with Gasteiger partial charge < -0.3 is 10.2 Å². The molecule has 0 radical (unpaired) electrons. The average Bonchev–Trinajstić information content (AvgIpc) is 2.36. The molecule has 1 N–H and O–H groups in total. The second-order valence-electron chi connectivity index (χ2n) is 3.67. The molecule has 0 aliphatic carbocycles. The van der Waals surface area contributed by atoms with E-state index in [-0.39, 0.29) is 29.4 Å². The molecule has 0 aromatic heterocycles. The van der Waals surface area contributed by atoms with Gasteiger partial charge >= 0.3 is 0 Å². The minimum atomic E-state index is -0.637. The van der Waals surface area contributed by atoms with E-state index in [2.05, 4.69) is 5.32 Å². The first-order chi connectivity index (χ1) is 8.00. The Kier molecular flexibility index (Phi) is 2.51. The summed E-state index contributed by atoms with van der Waals surface area (Å²) in [6, 6.07) is 4.13. The predicted molar refractivity (Wildman–Crippen MR) is 58.7 cm³/mol. The summed E-state index contributed by atoms with van der Waals surface area (Å²) < 4.78 is 0. The highest BCUT2D eigenvalue weighted by molar-refractivity contribution is 6.10. The molecule has 0 fully saturated rings. The lowest BCUT2D eigenvalue weighted by molar-refractivity contribution is -0.385. The van der Waals surface area contributed by atoms with E-state index < -0.39 is 10.8 Å². The number of nitro benzene ring substituents is 1. The Labute approximate surface area is 96.2 Å². The van der Waals surface area contributed by atoms with Crippen LogP contribution in [0.1, 0.15) is 10.4 Å². The smallest absolute Gasteiger partial charge is 0.284 e. The number of amides is 2. The lowest BCUT2D eigenvalue weighted by Crippen LogP contribution is -2.31. The van der Waals surface area contributed by atoms with Crippen molar-refractivity contribution in [2.24, 2.45) is 0 Å². The Morgan fingerprint density at radius 1 is 1.41 bits per heavy atom. The molecule has 88 valence electrons. The van der Waals surface area contributed by atoms with E-state index in [4.69, 9.17) is 0 Å². The summed E-state index contributed by atoms with van der Waals surface area (Å²) in [4.78, 5) is 34.7. The summed E-state index contributed by atoms with van der Waals surface area (Å²) in [6.45, 7) is -0.120. The molecule has 17 heavy (non-hydrogen) atoms. The number of nitrogens with zero attached hydrogens (tertiary/aromatic N) is 2. The molecular formula is C10H9N3O4. The molecule has 0 saturated carbocycles. The monoisotopic (exact) mass is 235 g/mol. The number of anilines is 1. The highest BCUT2D eigenvalue weighted by Crippen LogP contribution is 2.29. The third-order valence-electron chi connectivity index (χ3n) is 2.45. The quantitative estimate of drug-likeness (QED) is 0.570. The van der Waals surface area contributed by atoms with Gasteiger partial charge in [-0.15, -0.1) is 0 Å². The average molecular weight is 235 g/mol. The Morgan fingerprint density at radius 2 is 2.12 bits per heavy atom. The first kappa shape index (κ1) is 11.1. The second kappa shape index (κ2) is 3.85. The molecule has 1 aromatic rings. The first-order valence-electron chi connectivity index (χ1n) is 4.83. The number of carbonyl (C=O) groups excluding carboxylic acids is 2. The van der Waals surface area contributed by atoms with Crippen molar-refractivity contribution in [1.29, 1.82) is 0 Å². The van der Waals surface area contributed by atoms with Gasteiger partial charge in [-0.3, -0.25) is 19.7 Å². The Bertz CT molecular complexity index is 526. The summed E-state index contributed by atoms with van der Waals surface area (Å²) in [5.41, 5.74) is -0.203. The van der Waals surface area contributed by atoms with Gasteiger partial charge in [-0.1, -0.05) is 6.07 Å². The van der Waals surface area contributed by atoms with E-state index >= 15 is 0 Å². The summed E-state index contributed by atoms with van der Waals surface area (Å²) in [5.74, 6) is -0.911. The fourth-order valence-corrected chi connectivity index (χ4v) is 1.69. The van der Waals surface area contributed by atoms with Gasteiger partial charge in [-0.05, 0) is 6.07 Å². The minimum absolute atomic E-state index is 0.0779. The molecule has 1 heterocycles. The predicted octanol–water partition coefficient (Wildman–Crippen LogP) is 0.619. The van der Waals surface area contributed by atoms with Crippen LogP contribution in [0, 0.1) is 10.1 Å². The van der Waals surface area contributed by atoms with Crippen molar-refractivity contribution in [1.82, 2.24) is 4.90 Å². The van der Waals surface area contributed by atoms with Crippen molar-refractivity contribution in [3.8, 4) is 0 Å². The molecule has 0 unspecified atom stereocenters. The maximum atomic E-state index is 11.9. The van der Waals surface area contributed by atoms with E-state index in [0.717, 1.165) is 4.90 Å². The van der Waals surface area contributed by atoms with Gasteiger partial charge in [-0.25, -0.2) is 0 Å². The van der Waals surface area contributed by atoms with Crippen LogP contribution in [0.2, 0.25) is 0 Å². The molecule has 7 heteroatoms. The van der Waals surface area contributed by atoms with Crippen LogP contribution in [-0.4, -0.2) is 35.2 Å². The van der Waals surface area contributed by atoms with Crippen molar-refractivity contribution in [2.45, 2.75) is 0 Å². The summed E-state index contributed by atoms with van der Waals surface area (Å²) in [6.07, 6.45) is 0. The normalized spacial score (nSPS) is 15.0. The summed E-state index contributed by atoms with van der Waals surface area (Å²) >= 11 is 0. The minimum Gasteiger partial charge on any atom is -0.332 e. The molecule has 1 aliphatic rings. The van der Waals surface area contributed by atoms with Crippen LogP contribution in [0.5, 0.6) is 0 Å². The van der Waals surface area contributed by atoms with Crippen molar-refractivity contribution in [2.75, 3.05) is 18.9 Å². The molecule has 1 aromatic carbocycles. The zero-order valence-electron chi connectivity index (χ0n) is 8.97. The van der Waals surface area contributed by atoms with E-state index in [1.165, 1.54) is 25.2 Å². The Balaban J connectivity index is 2.66. The van der Waals surface area contributed by atoms with Crippen LogP contribution in [-0.2, 0) is 4.79 Å². The number of carbonyl (C=O) groups is 2. The van der Waals surface area contributed by atoms with Crippen LogP contribution in [0.15, 0.2) is 18.2 Å². The lowest BCUT2D eigenvalue weighted by Gasteiger charge is -2.12. The lowest BCUT2D eigenvalue weighted by atomic mass is 10.1. The topological polar surface area (TPSA) is 92.6 Å². The molecular weight excluding hydrogens is 226 g/mol. The molecule has 2 amide bonds. The van der Waals surface area contributed by atoms with Crippen LogP contribution < -0.4 is 5.32 Å². The van der Waals surface area contributed by atoms with Crippen LogP contribution in [0.3, 0.4) is 0 Å². The highest BCUT2D eigenvalue weighted by Gasteiger charge is 2.30. The van der Waals surface area contributed by atoms with Gasteiger partial charge in [0, 0.05) is 13.1 Å². The van der Waals surface area contributed by atoms with Gasteiger partial charge in [0.1, 0.15) is 5.56 Å². The number of hydrogen-bond donors (Lipinski definition) is 1. The molecule has 1 aliphatic heterocycles. The number of likely N-dealkylation sites (N-methyl/N-ethyl adjacent to an activating group) is 1. The van der Waals surface area contributed by atoms with E-state index in [9.17, 15) is 19.7 Å². The molecule has 0 spiro atoms. The molecule has 0 atom stereocenters. The standard InChI is InChI=1S/C10H9N3O4/c1-12-5-8(14)11-6-3-2-4-7(13(16)17)9(6)10(12)15/h2-4H,5H2,1H3,(H,11,14). The largest absolute Gasteiger partial charge is 0.332 e. The van der Waals surface area contributed by atoms with Crippen LogP contribution in [0.4, 0.5) is 11.4 Å². The Morgan fingerprint density at radius 3 is 2.76 bits per heavy atom. The first-order valence-corrected chi connectivity index (χ1v) is 4.83. The SMILES string of the molecule is CN1CC(=O)Nc2cccc([N+](=O)[O-])c2C1=O. The van der Waals surface area contributed by atoms with Crippen molar-refractivity contribution in [3.63, 3.8) is 0 Å². The number of fused-ring (bicyclic) bond motifs is 1. The highest BCUT2D eigenvalue weighted by atomic mass is 16.6. The Hall–Kier alpha value is -2.44.